The molecule has 1 heterocycles. The van der Waals surface area contributed by atoms with Gasteiger partial charge in [0.05, 0.1) is 5.54 Å². The summed E-state index contributed by atoms with van der Waals surface area (Å²) >= 11 is 0. The molecule has 0 amide bonds. The molecule has 18 heavy (non-hydrogen) atoms. The minimum atomic E-state index is 0. The number of hydrogen-bond donors (Lipinski definition) is 0. The van der Waals surface area contributed by atoms with Crippen LogP contribution in [0.3, 0.4) is 0 Å². The summed E-state index contributed by atoms with van der Waals surface area (Å²) in [7, 11) is 0. The Morgan fingerprint density at radius 3 is 2.06 bits per heavy atom. The molecule has 3 heteroatoms. The third-order valence-electron chi connectivity index (χ3n) is 3.53. The predicted molar refractivity (Wildman–Crippen MR) is 75.9 cm³/mol. The van der Waals surface area contributed by atoms with Crippen molar-refractivity contribution in [3.63, 3.8) is 0 Å². The second kappa shape index (κ2) is 5.87. The van der Waals surface area contributed by atoms with E-state index in [0.29, 0.717) is 6.85 Å². The van der Waals surface area contributed by atoms with Crippen molar-refractivity contribution in [1.82, 2.24) is 4.81 Å². The van der Waals surface area contributed by atoms with Crippen molar-refractivity contribution in [3.8, 4) is 0 Å². The number of benzene rings is 1. The molecule has 1 aliphatic heterocycles. The molecule has 1 fully saturated rings. The summed E-state index contributed by atoms with van der Waals surface area (Å²) in [6.45, 7) is 14.0. The van der Waals surface area contributed by atoms with Gasteiger partial charge in [0.25, 0.3) is 0 Å². The maximum absolute atomic E-state index is 2.47. The zero-order valence-electron chi connectivity index (χ0n) is 12.5. The van der Waals surface area contributed by atoms with Gasteiger partial charge in [0.2, 0.25) is 6.85 Å². The summed E-state index contributed by atoms with van der Waals surface area (Å²) in [5.41, 5.74) is 1.53. The van der Waals surface area contributed by atoms with E-state index in [1.807, 2.05) is 0 Å². The number of rotatable bonds is 1. The molecule has 0 bridgehead atoms. The first-order valence-corrected chi connectivity index (χ1v) is 6.27. The Kier molecular flexibility index (Phi) is 5.18. The Morgan fingerprint density at radius 2 is 1.56 bits per heavy atom. The van der Waals surface area contributed by atoms with Crippen LogP contribution in [0.2, 0.25) is 0 Å². The fourth-order valence-corrected chi connectivity index (χ4v) is 2.44. The molecule has 0 spiro atoms. The van der Waals surface area contributed by atoms with E-state index in [-0.39, 0.29) is 24.4 Å². The van der Waals surface area contributed by atoms with Gasteiger partial charge in [0.1, 0.15) is 6.54 Å². The largest absolute Gasteiger partial charge is 1.00 e. The van der Waals surface area contributed by atoms with Gasteiger partial charge in [-0.1, -0.05) is 44.2 Å². The summed E-state index contributed by atoms with van der Waals surface area (Å²) < 4.78 is 0. The summed E-state index contributed by atoms with van der Waals surface area (Å²) in [5, 5.41) is 0. The molecule has 1 saturated heterocycles. The Hall–Kier alpha value is -0.158. The van der Waals surface area contributed by atoms with E-state index in [2.05, 4.69) is 76.3 Å². The van der Waals surface area contributed by atoms with Gasteiger partial charge in [0.15, 0.2) is 0 Å². The molecule has 2 rings (SSSR count). The van der Waals surface area contributed by atoms with Crippen LogP contribution in [0.25, 0.3) is 0 Å². The van der Waals surface area contributed by atoms with Gasteiger partial charge in [-0.3, -0.25) is 0 Å². The number of nitrogens with zero attached hydrogens (tertiary/aromatic N) is 1. The molecule has 1 aromatic rings. The van der Waals surface area contributed by atoms with Crippen molar-refractivity contribution in [2.45, 2.75) is 40.2 Å². The Morgan fingerprint density at radius 1 is 1.00 bits per heavy atom. The minimum Gasteiger partial charge on any atom is -0.396 e. The van der Waals surface area contributed by atoms with Crippen LogP contribution in [0.1, 0.15) is 34.6 Å². The van der Waals surface area contributed by atoms with Crippen LogP contribution in [-0.2, 0) is 0 Å². The molecule has 1 aliphatic rings. The zero-order chi connectivity index (χ0) is 12.6. The number of hydrogen-bond acceptors (Lipinski definition) is 1. The first kappa shape index (κ1) is 15.9. The Bertz CT molecular complexity index is 374. The molecule has 0 saturated carbocycles. The second-order valence-electron chi connectivity index (χ2n) is 5.89. The fraction of sp³-hybridized carbons (Fsp3) is 0.400. The molecule has 89 valence electrons. The van der Waals surface area contributed by atoms with Crippen molar-refractivity contribution in [1.29, 1.82) is 0 Å². The van der Waals surface area contributed by atoms with Crippen LogP contribution >= 0.6 is 0 Å². The molecule has 0 aliphatic carbocycles. The maximum atomic E-state index is 2.47. The molecule has 1 nitrogen and oxygen atoms in total. The van der Waals surface area contributed by atoms with Crippen molar-refractivity contribution < 1.29 is 18.9 Å². The average Bonchev–Trinajstić information content (AvgIpc) is 2.57. The van der Waals surface area contributed by atoms with Gasteiger partial charge < -0.3 is 4.81 Å². The van der Waals surface area contributed by atoms with Crippen LogP contribution in [-0.4, -0.2) is 12.4 Å². The third kappa shape index (κ3) is 3.05. The summed E-state index contributed by atoms with van der Waals surface area (Å²) in [6.07, 6.45) is 0. The SMILES string of the molecule is C[C]1[CH][N+](C(C)(C)C)[B-](c2ccccc2)[C]1C.[Li+]. The molecule has 1 aromatic carbocycles. The van der Waals surface area contributed by atoms with Gasteiger partial charge in [-0.25, -0.2) is 0 Å². The van der Waals surface area contributed by atoms with Gasteiger partial charge in [-0.15, -0.1) is 5.82 Å². The smallest absolute Gasteiger partial charge is 0.396 e. The first-order chi connectivity index (χ1) is 7.91. The van der Waals surface area contributed by atoms with E-state index < -0.39 is 0 Å². The molecular weight excluding hydrogens is 212 g/mol. The van der Waals surface area contributed by atoms with Crippen LogP contribution in [0.4, 0.5) is 0 Å². The van der Waals surface area contributed by atoms with Gasteiger partial charge in [-0.05, 0) is 20.8 Å². The van der Waals surface area contributed by atoms with Crippen molar-refractivity contribution in [2.24, 2.45) is 0 Å². The van der Waals surface area contributed by atoms with E-state index in [0.717, 1.165) is 0 Å². The molecule has 0 N–H and O–H groups in total. The monoisotopic (exact) mass is 233 g/mol. The van der Waals surface area contributed by atoms with Crippen molar-refractivity contribution >= 4 is 12.3 Å². The van der Waals surface area contributed by atoms with Gasteiger partial charge >= 0.3 is 18.9 Å². The topological polar surface area (TPSA) is 5.90 Å². The Balaban J connectivity index is 0.00000162. The molecule has 5 radical (unpaired) electrons. The molecule has 0 unspecified atom stereocenters. The summed E-state index contributed by atoms with van der Waals surface area (Å²) in [6, 6.07) is 10.8. The van der Waals surface area contributed by atoms with Crippen LogP contribution in [0.5, 0.6) is 0 Å². The molecule has 0 atom stereocenters. The first-order valence-electron chi connectivity index (χ1n) is 6.27. The van der Waals surface area contributed by atoms with E-state index in [1.165, 1.54) is 17.2 Å². The average molecular weight is 233 g/mol. The van der Waals surface area contributed by atoms with Gasteiger partial charge in [-0.2, -0.15) is 5.46 Å². The maximum Gasteiger partial charge on any atom is 1.00 e. The second-order valence-corrected chi connectivity index (χ2v) is 5.89. The Labute approximate surface area is 125 Å². The molecule has 0 aromatic heterocycles. The van der Waals surface area contributed by atoms with E-state index in [4.69, 9.17) is 0 Å². The van der Waals surface area contributed by atoms with E-state index >= 15 is 0 Å². The fourth-order valence-electron chi connectivity index (χ4n) is 2.44. The minimum absolute atomic E-state index is 0. The van der Waals surface area contributed by atoms with Crippen LogP contribution < -0.4 is 29.1 Å². The summed E-state index contributed by atoms with van der Waals surface area (Å²) in [4.78, 5) is 2.47. The van der Waals surface area contributed by atoms with E-state index in [9.17, 15) is 0 Å². The van der Waals surface area contributed by atoms with E-state index in [1.54, 1.807) is 0 Å². The zero-order valence-corrected chi connectivity index (χ0v) is 12.5. The molecular formula is C15H21BLiN+. The van der Waals surface area contributed by atoms with Crippen LogP contribution in [0, 0.1) is 18.3 Å². The quantitative estimate of drug-likeness (QED) is 0.589. The van der Waals surface area contributed by atoms with Crippen molar-refractivity contribution in [3.05, 3.63) is 48.6 Å². The third-order valence-corrected chi connectivity index (χ3v) is 3.53. The van der Waals surface area contributed by atoms with Gasteiger partial charge in [0, 0.05) is 5.92 Å². The van der Waals surface area contributed by atoms with Crippen molar-refractivity contribution in [2.75, 3.05) is 0 Å². The normalized spacial score (nSPS) is 20.1. The van der Waals surface area contributed by atoms with Crippen LogP contribution in [0.15, 0.2) is 30.3 Å². The standard InChI is InChI=1S/C15H21BN.Li/c1-12-11-17(15(3,4)5)16(13(12)2)14-9-7-6-8-10-14;/h6-11H,1-5H3;/q;+1. The predicted octanol–water partition coefficient (Wildman–Crippen LogP) is -0.269. The summed E-state index contributed by atoms with van der Waals surface area (Å²) in [5.74, 6) is 2.86.